The van der Waals surface area contributed by atoms with Gasteiger partial charge >= 0.3 is 5.97 Å². The van der Waals surface area contributed by atoms with Crippen molar-refractivity contribution in [2.45, 2.75) is 12.8 Å². The Morgan fingerprint density at radius 1 is 1.33 bits per heavy atom. The van der Waals surface area contributed by atoms with E-state index in [-0.39, 0.29) is 17.1 Å². The number of carboxylic acids is 1. The molecule has 0 amide bonds. The number of carbonyl (C=O) groups is 1. The van der Waals surface area contributed by atoms with Crippen molar-refractivity contribution in [2.24, 2.45) is 5.92 Å². The van der Waals surface area contributed by atoms with Crippen LogP contribution in [0.2, 0.25) is 0 Å². The molecule has 2 N–H and O–H groups in total. The lowest BCUT2D eigenvalue weighted by molar-refractivity contribution is 0.0693. The lowest BCUT2D eigenvalue weighted by Gasteiger charge is -2.15. The summed E-state index contributed by atoms with van der Waals surface area (Å²) in [6, 6.07) is 5.87. The Labute approximate surface area is 138 Å². The Morgan fingerprint density at radius 2 is 2.12 bits per heavy atom. The second kappa shape index (κ2) is 6.17. The predicted octanol–water partition coefficient (Wildman–Crippen LogP) is 4.13. The Balaban J connectivity index is 2.12. The van der Waals surface area contributed by atoms with Gasteiger partial charge in [-0.05, 0) is 41.7 Å². The number of rotatable bonds is 2. The fourth-order valence-electron chi connectivity index (χ4n) is 3.08. The lowest BCUT2D eigenvalue weighted by Crippen LogP contribution is -2.03. The van der Waals surface area contributed by atoms with Gasteiger partial charge in [-0.15, -0.1) is 0 Å². The van der Waals surface area contributed by atoms with Crippen molar-refractivity contribution >= 4 is 11.5 Å². The van der Waals surface area contributed by atoms with Crippen LogP contribution in [0.15, 0.2) is 59.5 Å². The Kier molecular flexibility index (Phi) is 4.05. The Morgan fingerprint density at radius 3 is 2.79 bits per heavy atom. The molecule has 3 rings (SSSR count). The molecule has 4 nitrogen and oxygen atoms in total. The quantitative estimate of drug-likeness (QED) is 0.857. The second-order valence-electron chi connectivity index (χ2n) is 5.66. The van der Waals surface area contributed by atoms with Gasteiger partial charge in [-0.1, -0.05) is 30.4 Å². The normalized spacial score (nSPS) is 19.8. The van der Waals surface area contributed by atoms with Crippen molar-refractivity contribution in [3.8, 4) is 11.8 Å². The van der Waals surface area contributed by atoms with Crippen molar-refractivity contribution in [3.63, 3.8) is 0 Å². The van der Waals surface area contributed by atoms with Gasteiger partial charge in [-0.25, -0.2) is 9.18 Å². The van der Waals surface area contributed by atoms with E-state index in [0.717, 1.165) is 0 Å². The molecule has 0 heterocycles. The maximum atomic E-state index is 15.0. The minimum absolute atomic E-state index is 0.00472. The van der Waals surface area contributed by atoms with E-state index in [1.54, 1.807) is 12.2 Å². The third-order valence-corrected chi connectivity index (χ3v) is 4.30. The van der Waals surface area contributed by atoms with E-state index in [4.69, 9.17) is 5.11 Å². The van der Waals surface area contributed by atoms with E-state index < -0.39 is 17.5 Å². The summed E-state index contributed by atoms with van der Waals surface area (Å²) in [5.41, 5.74) is 1.10. The number of nitriles is 1. The molecule has 0 saturated carbocycles. The number of benzene rings is 1. The van der Waals surface area contributed by atoms with Gasteiger partial charge in [0, 0.05) is 5.92 Å². The molecule has 0 bridgehead atoms. The van der Waals surface area contributed by atoms with Crippen LogP contribution < -0.4 is 0 Å². The number of phenols is 1. The molecule has 1 unspecified atom stereocenters. The molecule has 2 aliphatic rings. The molecule has 0 radical (unpaired) electrons. The van der Waals surface area contributed by atoms with Gasteiger partial charge in [0.15, 0.2) is 0 Å². The van der Waals surface area contributed by atoms with Gasteiger partial charge < -0.3 is 10.2 Å². The van der Waals surface area contributed by atoms with Gasteiger partial charge in [-0.3, -0.25) is 0 Å². The maximum absolute atomic E-state index is 15.0. The van der Waals surface area contributed by atoms with Crippen molar-refractivity contribution in [1.82, 2.24) is 0 Å². The topological polar surface area (TPSA) is 81.3 Å². The van der Waals surface area contributed by atoms with E-state index in [1.807, 2.05) is 18.2 Å². The molecule has 120 valence electrons. The molecule has 0 saturated heterocycles. The van der Waals surface area contributed by atoms with E-state index in [0.29, 0.717) is 29.6 Å². The number of carboxylic acid groups (broad SMARTS) is 1. The highest BCUT2D eigenvalue weighted by Crippen LogP contribution is 2.40. The van der Waals surface area contributed by atoms with E-state index in [1.165, 1.54) is 18.2 Å². The van der Waals surface area contributed by atoms with Crippen molar-refractivity contribution < 1.29 is 19.4 Å². The fourth-order valence-corrected chi connectivity index (χ4v) is 3.08. The van der Waals surface area contributed by atoms with Crippen LogP contribution in [0.3, 0.4) is 0 Å². The third kappa shape index (κ3) is 2.63. The van der Waals surface area contributed by atoms with Crippen LogP contribution in [0.25, 0.3) is 5.57 Å². The van der Waals surface area contributed by atoms with E-state index in [2.05, 4.69) is 0 Å². The second-order valence-corrected chi connectivity index (χ2v) is 5.66. The van der Waals surface area contributed by atoms with Crippen LogP contribution in [0.1, 0.15) is 28.8 Å². The monoisotopic (exact) mass is 323 g/mol. The molecule has 1 aromatic carbocycles. The summed E-state index contributed by atoms with van der Waals surface area (Å²) < 4.78 is 15.0. The highest BCUT2D eigenvalue weighted by molar-refractivity contribution is 5.91. The zero-order valence-corrected chi connectivity index (χ0v) is 12.7. The number of fused-ring (bicyclic) bond motifs is 1. The van der Waals surface area contributed by atoms with Gasteiger partial charge in [0.1, 0.15) is 23.2 Å². The average Bonchev–Trinajstić information content (AvgIpc) is 2.70. The molecule has 0 fully saturated rings. The fraction of sp³-hybridized carbons (Fsp3) is 0.158. The number of aromatic hydroxyl groups is 1. The largest absolute Gasteiger partial charge is 0.507 e. The number of aromatic carboxylic acids is 1. The van der Waals surface area contributed by atoms with Crippen LogP contribution in [0, 0.1) is 17.2 Å². The van der Waals surface area contributed by atoms with E-state index in [9.17, 15) is 19.6 Å². The zero-order valence-electron chi connectivity index (χ0n) is 12.7. The number of nitrogens with zero attached hydrogens (tertiary/aromatic N) is 1. The summed E-state index contributed by atoms with van der Waals surface area (Å²) >= 11 is 0. The van der Waals surface area contributed by atoms with Crippen LogP contribution in [-0.4, -0.2) is 16.2 Å². The Hall–Kier alpha value is -3.13. The highest BCUT2D eigenvalue weighted by atomic mass is 19.1. The van der Waals surface area contributed by atoms with Crippen LogP contribution >= 0.6 is 0 Å². The minimum Gasteiger partial charge on any atom is -0.507 e. The minimum atomic E-state index is -1.25. The van der Waals surface area contributed by atoms with Gasteiger partial charge in [0.2, 0.25) is 0 Å². The van der Waals surface area contributed by atoms with Gasteiger partial charge in [-0.2, -0.15) is 5.26 Å². The number of halogens is 1. The maximum Gasteiger partial charge on any atom is 0.339 e. The third-order valence-electron chi connectivity index (χ3n) is 4.30. The van der Waals surface area contributed by atoms with Gasteiger partial charge in [0.25, 0.3) is 0 Å². The zero-order chi connectivity index (χ0) is 17.3. The lowest BCUT2D eigenvalue weighted by atomic mass is 9.88. The molecule has 2 aliphatic carbocycles. The number of hydrogen-bond acceptors (Lipinski definition) is 3. The molecule has 0 aliphatic heterocycles. The summed E-state index contributed by atoms with van der Waals surface area (Å²) in [5, 5.41) is 28.2. The predicted molar refractivity (Wildman–Crippen MR) is 86.7 cm³/mol. The Bertz CT molecular complexity index is 884. The average molecular weight is 323 g/mol. The molecule has 24 heavy (non-hydrogen) atoms. The van der Waals surface area contributed by atoms with E-state index >= 15 is 0 Å². The summed E-state index contributed by atoms with van der Waals surface area (Å²) in [6.07, 6.45) is 8.35. The molecule has 5 heteroatoms. The van der Waals surface area contributed by atoms with Crippen LogP contribution in [-0.2, 0) is 0 Å². The molecular weight excluding hydrogens is 309 g/mol. The summed E-state index contributed by atoms with van der Waals surface area (Å²) in [5.74, 6) is -2.32. The molecule has 0 spiro atoms. The first-order valence-corrected chi connectivity index (χ1v) is 7.47. The SMILES string of the molecule is N#CC1=C2C=CC=CC2CCC(c2ccc(C(=O)O)c(O)c2)=C1F. The molecule has 0 aromatic heterocycles. The molecular formula is C19H14FNO3. The first-order valence-electron chi connectivity index (χ1n) is 7.47. The van der Waals surface area contributed by atoms with Crippen molar-refractivity contribution in [2.75, 3.05) is 0 Å². The van der Waals surface area contributed by atoms with Crippen molar-refractivity contribution in [1.29, 1.82) is 5.26 Å². The smallest absolute Gasteiger partial charge is 0.339 e. The summed E-state index contributed by atoms with van der Waals surface area (Å²) in [4.78, 5) is 11.0. The number of allylic oxidation sites excluding steroid dienone is 8. The first-order chi connectivity index (χ1) is 11.5. The number of hydrogen-bond donors (Lipinski definition) is 2. The standard InChI is InChI=1S/C19H14FNO3/c20-18-14(12-6-8-15(19(23)24)17(22)9-12)7-5-11-3-1-2-4-13(11)16(18)10-21/h1-4,6,8-9,11,22H,5,7H2,(H,23,24). The van der Waals surface area contributed by atoms with Crippen LogP contribution in [0.4, 0.5) is 4.39 Å². The van der Waals surface area contributed by atoms with Gasteiger partial charge in [0.05, 0.1) is 5.57 Å². The highest BCUT2D eigenvalue weighted by Gasteiger charge is 2.26. The first kappa shape index (κ1) is 15.8. The van der Waals surface area contributed by atoms with Crippen molar-refractivity contribution in [3.05, 3.63) is 70.6 Å². The molecule has 1 atom stereocenters. The summed E-state index contributed by atoms with van der Waals surface area (Å²) in [6.45, 7) is 0. The van der Waals surface area contributed by atoms with Crippen LogP contribution in [0.5, 0.6) is 5.75 Å². The summed E-state index contributed by atoms with van der Waals surface area (Å²) in [7, 11) is 0. The molecule has 1 aromatic rings.